The largest absolute Gasteiger partial charge is 0.340 e. The average molecular weight is 371 g/mol. The Bertz CT molecular complexity index is 877. The van der Waals surface area contributed by atoms with Crippen LogP contribution in [-0.2, 0) is 9.59 Å². The quantitative estimate of drug-likeness (QED) is 0.759. The van der Waals surface area contributed by atoms with Gasteiger partial charge < -0.3 is 16.0 Å². The molecule has 1 aromatic carbocycles. The fourth-order valence-corrected chi connectivity index (χ4v) is 3.84. The van der Waals surface area contributed by atoms with Gasteiger partial charge in [-0.25, -0.2) is 0 Å². The van der Waals surface area contributed by atoms with E-state index < -0.39 is 17.9 Å². The van der Waals surface area contributed by atoms with Crippen LogP contribution in [0.5, 0.6) is 0 Å². The minimum Gasteiger partial charge on any atom is -0.340 e. The van der Waals surface area contributed by atoms with Crippen LogP contribution in [0.4, 0.5) is 10.8 Å². The molecule has 0 bridgehead atoms. The molecule has 1 atom stereocenters. The number of rotatable bonds is 4. The van der Waals surface area contributed by atoms with Crippen molar-refractivity contribution in [1.82, 2.24) is 15.5 Å². The number of anilines is 2. The number of fused-ring (bicyclic) bond motifs is 1. The molecule has 0 spiro atoms. The lowest BCUT2D eigenvalue weighted by atomic mass is 9.86. The SMILES string of the molecule is O=C(CC1NC(=O)c2ccccc2NC1=O)Nc1nnc(C2CCC2)s1. The van der Waals surface area contributed by atoms with Gasteiger partial charge in [-0.2, -0.15) is 0 Å². The lowest BCUT2D eigenvalue weighted by Gasteiger charge is -2.21. The molecule has 2 aromatic rings. The number of carbonyl (C=O) groups is 3. The summed E-state index contributed by atoms with van der Waals surface area (Å²) in [6.45, 7) is 0. The average Bonchev–Trinajstić information content (AvgIpc) is 2.95. The first kappa shape index (κ1) is 16.6. The predicted octanol–water partition coefficient (Wildman–Crippen LogP) is 1.88. The van der Waals surface area contributed by atoms with Crippen molar-refractivity contribution >= 4 is 39.9 Å². The molecule has 9 heteroatoms. The maximum absolute atomic E-state index is 12.3. The Hall–Kier alpha value is -2.81. The normalized spacial score (nSPS) is 19.6. The van der Waals surface area contributed by atoms with E-state index in [1.807, 2.05) is 0 Å². The molecule has 3 amide bonds. The van der Waals surface area contributed by atoms with Crippen molar-refractivity contribution in [2.24, 2.45) is 0 Å². The van der Waals surface area contributed by atoms with Crippen LogP contribution >= 0.6 is 11.3 Å². The van der Waals surface area contributed by atoms with E-state index in [0.717, 1.165) is 17.8 Å². The second kappa shape index (κ2) is 6.83. The van der Waals surface area contributed by atoms with Gasteiger partial charge in [0.05, 0.1) is 17.7 Å². The van der Waals surface area contributed by atoms with E-state index >= 15 is 0 Å². The van der Waals surface area contributed by atoms with Gasteiger partial charge in [0.1, 0.15) is 11.0 Å². The van der Waals surface area contributed by atoms with Crippen LogP contribution in [0.2, 0.25) is 0 Å². The lowest BCUT2D eigenvalue weighted by Crippen LogP contribution is -2.43. The summed E-state index contributed by atoms with van der Waals surface area (Å²) in [5.41, 5.74) is 0.810. The number of hydrogen-bond donors (Lipinski definition) is 3. The van der Waals surface area contributed by atoms with Crippen LogP contribution in [0.25, 0.3) is 0 Å². The number of aromatic nitrogens is 2. The zero-order chi connectivity index (χ0) is 18.1. The molecule has 134 valence electrons. The van der Waals surface area contributed by atoms with Crippen molar-refractivity contribution in [3.8, 4) is 0 Å². The number of para-hydroxylation sites is 1. The molecule has 1 aliphatic carbocycles. The zero-order valence-corrected chi connectivity index (χ0v) is 14.6. The Morgan fingerprint density at radius 2 is 2.04 bits per heavy atom. The van der Waals surface area contributed by atoms with E-state index in [-0.39, 0.29) is 12.3 Å². The monoisotopic (exact) mass is 371 g/mol. The molecule has 1 saturated carbocycles. The smallest absolute Gasteiger partial charge is 0.254 e. The van der Waals surface area contributed by atoms with Crippen molar-refractivity contribution < 1.29 is 14.4 Å². The highest BCUT2D eigenvalue weighted by atomic mass is 32.1. The Balaban J connectivity index is 1.40. The van der Waals surface area contributed by atoms with Crippen molar-refractivity contribution in [3.05, 3.63) is 34.8 Å². The van der Waals surface area contributed by atoms with Crippen molar-refractivity contribution in [2.75, 3.05) is 10.6 Å². The van der Waals surface area contributed by atoms with Gasteiger partial charge in [-0.05, 0) is 25.0 Å². The predicted molar refractivity (Wildman–Crippen MR) is 96.1 cm³/mol. The van der Waals surface area contributed by atoms with Crippen molar-refractivity contribution in [3.63, 3.8) is 0 Å². The van der Waals surface area contributed by atoms with Gasteiger partial charge in [0.2, 0.25) is 16.9 Å². The maximum Gasteiger partial charge on any atom is 0.254 e. The van der Waals surface area contributed by atoms with Crippen LogP contribution in [0, 0.1) is 0 Å². The van der Waals surface area contributed by atoms with E-state index in [9.17, 15) is 14.4 Å². The Kier molecular flexibility index (Phi) is 4.37. The summed E-state index contributed by atoms with van der Waals surface area (Å²) in [5, 5.41) is 17.4. The van der Waals surface area contributed by atoms with E-state index in [0.29, 0.717) is 22.3 Å². The first-order chi connectivity index (χ1) is 12.6. The summed E-state index contributed by atoms with van der Waals surface area (Å²) in [6.07, 6.45) is 3.24. The van der Waals surface area contributed by atoms with Gasteiger partial charge in [0.25, 0.3) is 5.91 Å². The number of amides is 3. The summed E-state index contributed by atoms with van der Waals surface area (Å²) in [5.74, 6) is -0.762. The van der Waals surface area contributed by atoms with Crippen LogP contribution < -0.4 is 16.0 Å². The summed E-state index contributed by atoms with van der Waals surface area (Å²) < 4.78 is 0. The van der Waals surface area contributed by atoms with Gasteiger partial charge in [-0.15, -0.1) is 10.2 Å². The molecule has 1 aliphatic heterocycles. The molecule has 0 radical (unpaired) electrons. The second-order valence-electron chi connectivity index (χ2n) is 6.39. The zero-order valence-electron chi connectivity index (χ0n) is 13.8. The fraction of sp³-hybridized carbons (Fsp3) is 0.353. The number of nitrogens with zero attached hydrogens (tertiary/aromatic N) is 2. The van der Waals surface area contributed by atoms with E-state index in [1.54, 1.807) is 24.3 Å². The molecule has 4 rings (SSSR count). The van der Waals surface area contributed by atoms with Gasteiger partial charge in [0.15, 0.2) is 0 Å². The molecule has 1 aromatic heterocycles. The van der Waals surface area contributed by atoms with E-state index in [1.165, 1.54) is 17.8 Å². The first-order valence-electron chi connectivity index (χ1n) is 8.44. The molecule has 0 saturated heterocycles. The number of carbonyl (C=O) groups excluding carboxylic acids is 3. The van der Waals surface area contributed by atoms with Gasteiger partial charge >= 0.3 is 0 Å². The highest BCUT2D eigenvalue weighted by Crippen LogP contribution is 2.38. The third-order valence-corrected chi connectivity index (χ3v) is 5.58. The van der Waals surface area contributed by atoms with Gasteiger partial charge in [0, 0.05) is 5.92 Å². The van der Waals surface area contributed by atoms with Crippen LogP contribution in [0.15, 0.2) is 24.3 Å². The lowest BCUT2D eigenvalue weighted by molar-refractivity contribution is -0.122. The Labute approximate surface area is 153 Å². The molecule has 1 unspecified atom stereocenters. The summed E-state index contributed by atoms with van der Waals surface area (Å²) in [6, 6.07) is 5.77. The van der Waals surface area contributed by atoms with E-state index in [2.05, 4.69) is 26.1 Å². The highest BCUT2D eigenvalue weighted by Gasteiger charge is 2.30. The van der Waals surface area contributed by atoms with Crippen LogP contribution in [-0.4, -0.2) is 34.0 Å². The van der Waals surface area contributed by atoms with Crippen LogP contribution in [0.3, 0.4) is 0 Å². The van der Waals surface area contributed by atoms with E-state index in [4.69, 9.17) is 0 Å². The molecule has 3 N–H and O–H groups in total. The Morgan fingerprint density at radius 1 is 1.23 bits per heavy atom. The minimum absolute atomic E-state index is 0.177. The highest BCUT2D eigenvalue weighted by molar-refractivity contribution is 7.15. The van der Waals surface area contributed by atoms with Gasteiger partial charge in [-0.3, -0.25) is 14.4 Å². The molecular formula is C17H17N5O3S. The summed E-state index contributed by atoms with van der Waals surface area (Å²) >= 11 is 1.36. The van der Waals surface area contributed by atoms with Crippen molar-refractivity contribution in [2.45, 2.75) is 37.6 Å². The van der Waals surface area contributed by atoms with Crippen LogP contribution in [0.1, 0.15) is 47.0 Å². The molecule has 1 fully saturated rings. The number of benzene rings is 1. The summed E-state index contributed by atoms with van der Waals surface area (Å²) in [4.78, 5) is 36.9. The first-order valence-corrected chi connectivity index (χ1v) is 9.26. The molecule has 8 nitrogen and oxygen atoms in total. The fourth-order valence-electron chi connectivity index (χ4n) is 2.92. The van der Waals surface area contributed by atoms with Gasteiger partial charge in [-0.1, -0.05) is 29.9 Å². The third kappa shape index (κ3) is 3.30. The number of hydrogen-bond acceptors (Lipinski definition) is 6. The standard InChI is InChI=1S/C17H17N5O3S/c23-13(20-17-22-21-16(26-17)9-4-3-5-9)8-12-15(25)18-11-7-2-1-6-10(11)14(24)19-12/h1-2,6-7,9,12H,3-5,8H2,(H,18,25)(H,19,24)(H,20,22,23). The molecule has 2 heterocycles. The molecule has 26 heavy (non-hydrogen) atoms. The minimum atomic E-state index is -0.950. The Morgan fingerprint density at radius 3 is 2.81 bits per heavy atom. The molecular weight excluding hydrogens is 354 g/mol. The topological polar surface area (TPSA) is 113 Å². The maximum atomic E-state index is 12.3. The molecule has 2 aliphatic rings. The van der Waals surface area contributed by atoms with Crippen molar-refractivity contribution in [1.29, 1.82) is 0 Å². The third-order valence-electron chi connectivity index (χ3n) is 4.58. The second-order valence-corrected chi connectivity index (χ2v) is 7.40. The number of nitrogens with one attached hydrogen (secondary N) is 3. The summed E-state index contributed by atoms with van der Waals surface area (Å²) in [7, 11) is 0.